The lowest BCUT2D eigenvalue weighted by Gasteiger charge is -2.10. The van der Waals surface area contributed by atoms with E-state index in [-0.39, 0.29) is 5.75 Å². The number of rotatable bonds is 4. The van der Waals surface area contributed by atoms with Crippen LogP contribution in [0.2, 0.25) is 0 Å². The second kappa shape index (κ2) is 6.28. The first-order valence-corrected chi connectivity index (χ1v) is 8.01. The predicted octanol–water partition coefficient (Wildman–Crippen LogP) is 5.53. The SMILES string of the molecule is CC(C)Cn1ncc2cc(Oc3ccc(F)cc3F)c(Br)cc21. The van der Waals surface area contributed by atoms with Crippen LogP contribution in [0.4, 0.5) is 8.78 Å². The number of fused-ring (bicyclic) bond motifs is 1. The van der Waals surface area contributed by atoms with E-state index in [4.69, 9.17) is 4.74 Å². The van der Waals surface area contributed by atoms with Gasteiger partial charge in [0.2, 0.25) is 0 Å². The minimum Gasteiger partial charge on any atom is -0.453 e. The molecule has 0 spiro atoms. The van der Waals surface area contributed by atoms with Gasteiger partial charge >= 0.3 is 0 Å². The molecule has 0 radical (unpaired) electrons. The van der Waals surface area contributed by atoms with Crippen molar-refractivity contribution in [2.75, 3.05) is 0 Å². The van der Waals surface area contributed by atoms with Crippen LogP contribution in [0, 0.1) is 17.6 Å². The van der Waals surface area contributed by atoms with E-state index < -0.39 is 11.6 Å². The molecule has 0 amide bonds. The van der Waals surface area contributed by atoms with Gasteiger partial charge in [-0.1, -0.05) is 13.8 Å². The monoisotopic (exact) mass is 380 g/mol. The van der Waals surface area contributed by atoms with Gasteiger partial charge < -0.3 is 4.74 Å². The van der Waals surface area contributed by atoms with Gasteiger partial charge in [0, 0.05) is 18.0 Å². The number of ether oxygens (including phenoxy) is 1. The molecule has 120 valence electrons. The fourth-order valence-corrected chi connectivity index (χ4v) is 2.74. The van der Waals surface area contributed by atoms with Crippen molar-refractivity contribution in [3.63, 3.8) is 0 Å². The minimum atomic E-state index is -0.743. The van der Waals surface area contributed by atoms with Crippen molar-refractivity contribution in [2.45, 2.75) is 20.4 Å². The van der Waals surface area contributed by atoms with E-state index in [9.17, 15) is 8.78 Å². The van der Waals surface area contributed by atoms with Gasteiger partial charge in [0.25, 0.3) is 0 Å². The highest BCUT2D eigenvalue weighted by Crippen LogP contribution is 2.35. The third kappa shape index (κ3) is 3.37. The van der Waals surface area contributed by atoms with Gasteiger partial charge in [0.05, 0.1) is 16.2 Å². The second-order valence-electron chi connectivity index (χ2n) is 5.74. The van der Waals surface area contributed by atoms with E-state index in [1.54, 1.807) is 12.3 Å². The Morgan fingerprint density at radius 3 is 2.65 bits per heavy atom. The molecule has 2 aromatic carbocycles. The van der Waals surface area contributed by atoms with Crippen LogP contribution in [0.5, 0.6) is 11.5 Å². The summed E-state index contributed by atoms with van der Waals surface area (Å²) in [6.45, 7) is 5.05. The average molecular weight is 381 g/mol. The molecule has 3 rings (SSSR count). The van der Waals surface area contributed by atoms with Gasteiger partial charge in [0.1, 0.15) is 11.6 Å². The summed E-state index contributed by atoms with van der Waals surface area (Å²) in [6.07, 6.45) is 1.75. The molecule has 6 heteroatoms. The molecular weight excluding hydrogens is 366 g/mol. The summed E-state index contributed by atoms with van der Waals surface area (Å²) in [5, 5.41) is 5.27. The largest absolute Gasteiger partial charge is 0.453 e. The van der Waals surface area contributed by atoms with Gasteiger partial charge in [-0.25, -0.2) is 8.78 Å². The highest BCUT2D eigenvalue weighted by molar-refractivity contribution is 9.10. The molecular formula is C17H15BrF2N2O. The predicted molar refractivity (Wildman–Crippen MR) is 88.7 cm³/mol. The van der Waals surface area contributed by atoms with Crippen LogP contribution in [0.1, 0.15) is 13.8 Å². The summed E-state index contributed by atoms with van der Waals surface area (Å²) in [5.41, 5.74) is 0.970. The van der Waals surface area contributed by atoms with E-state index in [0.29, 0.717) is 16.1 Å². The van der Waals surface area contributed by atoms with Crippen LogP contribution < -0.4 is 4.74 Å². The van der Waals surface area contributed by atoms with Gasteiger partial charge in [-0.3, -0.25) is 4.68 Å². The Kier molecular flexibility index (Phi) is 4.35. The number of halogens is 3. The van der Waals surface area contributed by atoms with E-state index >= 15 is 0 Å². The molecule has 3 nitrogen and oxygen atoms in total. The standard InChI is InChI=1S/C17H15BrF2N2O/c1-10(2)9-22-15-7-13(18)17(5-11(15)8-21-22)23-16-4-3-12(19)6-14(16)20/h3-8,10H,9H2,1-2H3. The van der Waals surface area contributed by atoms with Crippen LogP contribution >= 0.6 is 15.9 Å². The van der Waals surface area contributed by atoms with E-state index in [1.807, 2.05) is 10.7 Å². The maximum absolute atomic E-state index is 13.7. The lowest BCUT2D eigenvalue weighted by Crippen LogP contribution is -2.05. The van der Waals surface area contributed by atoms with Crippen molar-refractivity contribution in [1.82, 2.24) is 9.78 Å². The fraction of sp³-hybridized carbons (Fsp3) is 0.235. The number of nitrogens with zero attached hydrogens (tertiary/aromatic N) is 2. The number of aromatic nitrogens is 2. The lowest BCUT2D eigenvalue weighted by molar-refractivity contribution is 0.436. The molecule has 0 atom stereocenters. The van der Waals surface area contributed by atoms with Crippen LogP contribution in [0.25, 0.3) is 10.9 Å². The molecule has 0 aliphatic rings. The first kappa shape index (κ1) is 15.9. The Balaban J connectivity index is 1.97. The Hall–Kier alpha value is -1.95. The number of hydrogen-bond donors (Lipinski definition) is 0. The van der Waals surface area contributed by atoms with Crippen LogP contribution in [0.15, 0.2) is 41.0 Å². The van der Waals surface area contributed by atoms with Crippen molar-refractivity contribution in [3.05, 3.63) is 52.6 Å². The lowest BCUT2D eigenvalue weighted by atomic mass is 10.2. The quantitative estimate of drug-likeness (QED) is 0.595. The summed E-state index contributed by atoms with van der Waals surface area (Å²) in [7, 11) is 0. The van der Waals surface area contributed by atoms with E-state index in [0.717, 1.165) is 29.6 Å². The minimum absolute atomic E-state index is 0.0268. The van der Waals surface area contributed by atoms with E-state index in [2.05, 4.69) is 34.9 Å². The number of benzene rings is 2. The summed E-state index contributed by atoms with van der Waals surface area (Å²) >= 11 is 3.44. The molecule has 1 aromatic heterocycles. The molecule has 0 aliphatic carbocycles. The van der Waals surface area contributed by atoms with Crippen LogP contribution in [-0.2, 0) is 6.54 Å². The molecule has 0 fully saturated rings. The number of hydrogen-bond acceptors (Lipinski definition) is 2. The zero-order chi connectivity index (χ0) is 16.6. The van der Waals surface area contributed by atoms with E-state index in [1.165, 1.54) is 6.07 Å². The van der Waals surface area contributed by atoms with Gasteiger partial charge in [-0.2, -0.15) is 5.10 Å². The molecule has 0 saturated carbocycles. The highest BCUT2D eigenvalue weighted by Gasteiger charge is 2.12. The maximum atomic E-state index is 13.7. The molecule has 0 saturated heterocycles. The first-order chi connectivity index (χ1) is 10.9. The Bertz CT molecular complexity index is 861. The summed E-state index contributed by atoms with van der Waals surface area (Å²) < 4.78 is 34.9. The maximum Gasteiger partial charge on any atom is 0.168 e. The molecule has 3 aromatic rings. The molecule has 0 bridgehead atoms. The van der Waals surface area contributed by atoms with Crippen molar-refractivity contribution in [2.24, 2.45) is 5.92 Å². The van der Waals surface area contributed by atoms with Crippen molar-refractivity contribution in [1.29, 1.82) is 0 Å². The van der Waals surface area contributed by atoms with Gasteiger partial charge in [0.15, 0.2) is 11.6 Å². The van der Waals surface area contributed by atoms with Crippen LogP contribution in [0.3, 0.4) is 0 Å². The topological polar surface area (TPSA) is 27.1 Å². The Labute approximate surface area is 141 Å². The molecule has 23 heavy (non-hydrogen) atoms. The molecule has 0 unspecified atom stereocenters. The van der Waals surface area contributed by atoms with Crippen molar-refractivity contribution >= 4 is 26.8 Å². The average Bonchev–Trinajstić information content (AvgIpc) is 2.84. The Morgan fingerprint density at radius 1 is 1.17 bits per heavy atom. The van der Waals surface area contributed by atoms with Gasteiger partial charge in [-0.05, 0) is 46.1 Å². The summed E-state index contributed by atoms with van der Waals surface area (Å²) in [6, 6.07) is 6.89. The van der Waals surface area contributed by atoms with Crippen molar-refractivity contribution < 1.29 is 13.5 Å². The highest BCUT2D eigenvalue weighted by atomic mass is 79.9. The third-order valence-corrected chi connectivity index (χ3v) is 3.97. The third-order valence-electron chi connectivity index (χ3n) is 3.35. The summed E-state index contributed by atoms with van der Waals surface area (Å²) in [5.74, 6) is -0.485. The Morgan fingerprint density at radius 2 is 1.96 bits per heavy atom. The zero-order valence-corrected chi connectivity index (χ0v) is 14.3. The van der Waals surface area contributed by atoms with Gasteiger partial charge in [-0.15, -0.1) is 0 Å². The van der Waals surface area contributed by atoms with Crippen LogP contribution in [-0.4, -0.2) is 9.78 Å². The smallest absolute Gasteiger partial charge is 0.168 e. The van der Waals surface area contributed by atoms with Crippen molar-refractivity contribution in [3.8, 4) is 11.5 Å². The fourth-order valence-electron chi connectivity index (χ4n) is 2.33. The normalized spacial score (nSPS) is 11.4. The summed E-state index contributed by atoms with van der Waals surface area (Å²) in [4.78, 5) is 0. The molecule has 1 heterocycles. The first-order valence-electron chi connectivity index (χ1n) is 7.22. The zero-order valence-electron chi connectivity index (χ0n) is 12.7. The molecule has 0 aliphatic heterocycles. The second-order valence-corrected chi connectivity index (χ2v) is 6.59. The molecule has 0 N–H and O–H groups in total.